The Morgan fingerprint density at radius 2 is 1.81 bits per heavy atom. The molecule has 1 heterocycles. The zero-order valence-electron chi connectivity index (χ0n) is 18.4. The van der Waals surface area contributed by atoms with Gasteiger partial charge in [-0.25, -0.2) is 4.98 Å². The Labute approximate surface area is 187 Å². The molecule has 1 aromatic heterocycles. The molecule has 0 fully saturated rings. The normalized spacial score (nSPS) is 10.7. The summed E-state index contributed by atoms with van der Waals surface area (Å²) in [5, 5.41) is 4.92. The molecule has 6 nitrogen and oxygen atoms in total. The molecule has 0 spiro atoms. The largest absolute Gasteiger partial charge is 0.497 e. The minimum Gasteiger partial charge on any atom is -0.497 e. The fourth-order valence-corrected chi connectivity index (χ4v) is 4.17. The number of aryl methyl sites for hydroxylation is 1. The van der Waals surface area contributed by atoms with E-state index in [9.17, 15) is 4.79 Å². The summed E-state index contributed by atoms with van der Waals surface area (Å²) in [4.78, 5) is 17.1. The van der Waals surface area contributed by atoms with E-state index >= 15 is 0 Å². The van der Waals surface area contributed by atoms with Crippen LogP contribution in [0, 0.1) is 0 Å². The maximum Gasteiger partial charge on any atom is 0.230 e. The SMILES string of the molecule is CCc1cc2cc(OC)ccc2nc1SCC(=O)NCCc1ccc(OC)c(OC)c1. The summed E-state index contributed by atoms with van der Waals surface area (Å²) in [5.74, 6) is 2.51. The minimum atomic E-state index is -0.0100. The van der Waals surface area contributed by atoms with E-state index in [1.165, 1.54) is 11.8 Å². The summed E-state index contributed by atoms with van der Waals surface area (Å²) >= 11 is 1.47. The minimum absolute atomic E-state index is 0.0100. The number of ether oxygens (including phenoxy) is 3. The lowest BCUT2D eigenvalue weighted by atomic mass is 10.1. The first kappa shape index (κ1) is 22.7. The molecule has 164 valence electrons. The number of nitrogens with one attached hydrogen (secondary N) is 1. The highest BCUT2D eigenvalue weighted by Gasteiger charge is 2.11. The van der Waals surface area contributed by atoms with Crippen molar-refractivity contribution < 1.29 is 19.0 Å². The van der Waals surface area contributed by atoms with E-state index in [0.29, 0.717) is 30.2 Å². The number of nitrogens with zero attached hydrogens (tertiary/aromatic N) is 1. The molecule has 0 saturated carbocycles. The van der Waals surface area contributed by atoms with Crippen LogP contribution in [0.1, 0.15) is 18.1 Å². The highest BCUT2D eigenvalue weighted by atomic mass is 32.2. The van der Waals surface area contributed by atoms with Crippen LogP contribution < -0.4 is 19.5 Å². The molecule has 0 radical (unpaired) electrons. The van der Waals surface area contributed by atoms with Crippen molar-refractivity contribution in [3.8, 4) is 17.2 Å². The molecular formula is C24H28N2O4S. The quantitative estimate of drug-likeness (QED) is 0.475. The van der Waals surface area contributed by atoms with Crippen molar-refractivity contribution in [1.29, 1.82) is 0 Å². The lowest BCUT2D eigenvalue weighted by Crippen LogP contribution is -2.27. The fourth-order valence-electron chi connectivity index (χ4n) is 3.25. The van der Waals surface area contributed by atoms with Crippen LogP contribution in [0.4, 0.5) is 0 Å². The maximum atomic E-state index is 12.4. The summed E-state index contributed by atoms with van der Waals surface area (Å²) in [6.45, 7) is 2.65. The molecule has 2 aromatic carbocycles. The molecule has 0 bridgehead atoms. The van der Waals surface area contributed by atoms with Crippen molar-refractivity contribution in [3.05, 3.63) is 53.6 Å². The average Bonchev–Trinajstić information content (AvgIpc) is 2.81. The standard InChI is InChI=1S/C24H28N2O4S/c1-5-17-13-18-14-19(28-2)7-8-20(18)26-24(17)31-15-23(27)25-11-10-16-6-9-21(29-3)22(12-16)30-4/h6-9,12-14H,5,10-11,15H2,1-4H3,(H,25,27). The van der Waals surface area contributed by atoms with Crippen LogP contribution in [-0.2, 0) is 17.6 Å². The molecule has 1 amide bonds. The summed E-state index contributed by atoms with van der Waals surface area (Å²) in [7, 11) is 4.88. The van der Waals surface area contributed by atoms with Crippen molar-refractivity contribution in [2.75, 3.05) is 33.6 Å². The van der Waals surface area contributed by atoms with Crippen molar-refractivity contribution >= 4 is 28.6 Å². The number of benzene rings is 2. The van der Waals surface area contributed by atoms with Gasteiger partial charge in [0.1, 0.15) is 10.8 Å². The monoisotopic (exact) mass is 440 g/mol. The van der Waals surface area contributed by atoms with E-state index < -0.39 is 0 Å². The van der Waals surface area contributed by atoms with Crippen molar-refractivity contribution in [3.63, 3.8) is 0 Å². The zero-order valence-corrected chi connectivity index (χ0v) is 19.2. The Morgan fingerprint density at radius 1 is 1.00 bits per heavy atom. The van der Waals surface area contributed by atoms with Gasteiger partial charge in [-0.05, 0) is 60.4 Å². The molecule has 0 aliphatic rings. The Balaban J connectivity index is 1.56. The van der Waals surface area contributed by atoms with Gasteiger partial charge in [0.15, 0.2) is 11.5 Å². The topological polar surface area (TPSA) is 69.7 Å². The number of pyridine rings is 1. The third kappa shape index (κ3) is 5.82. The first-order valence-corrected chi connectivity index (χ1v) is 11.1. The molecule has 3 rings (SSSR count). The molecule has 7 heteroatoms. The summed E-state index contributed by atoms with van der Waals surface area (Å²) in [6, 6.07) is 13.7. The number of hydrogen-bond donors (Lipinski definition) is 1. The highest BCUT2D eigenvalue weighted by Crippen LogP contribution is 2.28. The van der Waals surface area contributed by atoms with Crippen molar-refractivity contribution in [2.24, 2.45) is 0 Å². The molecule has 31 heavy (non-hydrogen) atoms. The van der Waals surface area contributed by atoms with E-state index in [0.717, 1.165) is 39.2 Å². The van der Waals surface area contributed by atoms with Crippen LogP contribution in [-0.4, -0.2) is 44.5 Å². The van der Waals surface area contributed by atoms with Gasteiger partial charge in [-0.15, -0.1) is 0 Å². The fraction of sp³-hybridized carbons (Fsp3) is 0.333. The van der Waals surface area contributed by atoms with Crippen LogP contribution in [0.25, 0.3) is 10.9 Å². The van der Waals surface area contributed by atoms with Gasteiger partial charge >= 0.3 is 0 Å². The van der Waals surface area contributed by atoms with Crippen LogP contribution in [0.5, 0.6) is 17.2 Å². The lowest BCUT2D eigenvalue weighted by Gasteiger charge is -2.11. The van der Waals surface area contributed by atoms with Crippen molar-refractivity contribution in [1.82, 2.24) is 10.3 Å². The van der Waals surface area contributed by atoms with Gasteiger partial charge in [0.2, 0.25) is 5.91 Å². The van der Waals surface area contributed by atoms with Crippen molar-refractivity contribution in [2.45, 2.75) is 24.8 Å². The molecule has 0 aliphatic carbocycles. The Hall–Kier alpha value is -2.93. The second kappa shape index (κ2) is 10.9. The number of fused-ring (bicyclic) bond motifs is 1. The molecule has 0 unspecified atom stereocenters. The third-order valence-corrected chi connectivity index (χ3v) is 6.00. The average molecular weight is 441 g/mol. The molecule has 0 saturated heterocycles. The Kier molecular flexibility index (Phi) is 8.00. The predicted molar refractivity (Wildman–Crippen MR) is 125 cm³/mol. The van der Waals surface area contributed by atoms with Gasteiger partial charge in [-0.1, -0.05) is 24.8 Å². The Bertz CT molecular complexity index is 1060. The van der Waals surface area contributed by atoms with Gasteiger partial charge in [0, 0.05) is 11.9 Å². The highest BCUT2D eigenvalue weighted by molar-refractivity contribution is 7.99. The van der Waals surface area contributed by atoms with E-state index in [1.807, 2.05) is 36.4 Å². The number of hydrogen-bond acceptors (Lipinski definition) is 6. The zero-order chi connectivity index (χ0) is 22.2. The smallest absolute Gasteiger partial charge is 0.230 e. The van der Waals surface area contributed by atoms with E-state index in [2.05, 4.69) is 18.3 Å². The second-order valence-electron chi connectivity index (χ2n) is 6.94. The number of amides is 1. The number of methoxy groups -OCH3 is 3. The molecule has 3 aromatic rings. The molecular weight excluding hydrogens is 412 g/mol. The molecule has 1 N–H and O–H groups in total. The second-order valence-corrected chi connectivity index (χ2v) is 7.91. The number of carbonyl (C=O) groups is 1. The summed E-state index contributed by atoms with van der Waals surface area (Å²) < 4.78 is 15.9. The number of aromatic nitrogens is 1. The third-order valence-electron chi connectivity index (χ3n) is 4.97. The van der Waals surface area contributed by atoms with E-state index in [1.54, 1.807) is 21.3 Å². The number of rotatable bonds is 10. The van der Waals surface area contributed by atoms with Crippen LogP contribution >= 0.6 is 11.8 Å². The van der Waals surface area contributed by atoms with Gasteiger partial charge in [-0.3, -0.25) is 4.79 Å². The first-order valence-electron chi connectivity index (χ1n) is 10.2. The van der Waals surface area contributed by atoms with Gasteiger partial charge < -0.3 is 19.5 Å². The van der Waals surface area contributed by atoms with Gasteiger partial charge in [-0.2, -0.15) is 0 Å². The van der Waals surface area contributed by atoms with Crippen LogP contribution in [0.2, 0.25) is 0 Å². The van der Waals surface area contributed by atoms with E-state index in [-0.39, 0.29) is 5.91 Å². The maximum absolute atomic E-state index is 12.4. The number of thioether (sulfide) groups is 1. The van der Waals surface area contributed by atoms with Crippen LogP contribution in [0.3, 0.4) is 0 Å². The molecule has 0 atom stereocenters. The van der Waals surface area contributed by atoms with Gasteiger partial charge in [0.05, 0.1) is 32.6 Å². The summed E-state index contributed by atoms with van der Waals surface area (Å²) in [6.07, 6.45) is 1.57. The van der Waals surface area contributed by atoms with Crippen LogP contribution in [0.15, 0.2) is 47.5 Å². The summed E-state index contributed by atoms with van der Waals surface area (Å²) in [5.41, 5.74) is 3.10. The number of carbonyl (C=O) groups excluding carboxylic acids is 1. The van der Waals surface area contributed by atoms with Gasteiger partial charge in [0.25, 0.3) is 0 Å². The molecule has 0 aliphatic heterocycles. The van der Waals surface area contributed by atoms with E-state index in [4.69, 9.17) is 19.2 Å². The lowest BCUT2D eigenvalue weighted by molar-refractivity contribution is -0.118. The Morgan fingerprint density at radius 3 is 2.52 bits per heavy atom. The predicted octanol–water partition coefficient (Wildman–Crippen LogP) is 4.27. The first-order chi connectivity index (χ1) is 15.1.